The van der Waals surface area contributed by atoms with Gasteiger partial charge >= 0.3 is 11.9 Å². The highest BCUT2D eigenvalue weighted by atomic mass is 16.5. The van der Waals surface area contributed by atoms with E-state index in [1.54, 1.807) is 0 Å². The molecule has 172 valence electrons. The van der Waals surface area contributed by atoms with Crippen LogP contribution in [0.25, 0.3) is 0 Å². The molecule has 1 aliphatic rings. The summed E-state index contributed by atoms with van der Waals surface area (Å²) in [6, 6.07) is 6.18. The molecule has 0 radical (unpaired) electrons. The van der Waals surface area contributed by atoms with Gasteiger partial charge < -0.3 is 29.3 Å². The Bertz CT molecular complexity index is 790. The van der Waals surface area contributed by atoms with Gasteiger partial charge in [0.1, 0.15) is 0 Å². The number of likely N-dealkylation sites (tertiary alicyclic amines) is 1. The number of carboxylic acids is 2. The highest BCUT2D eigenvalue weighted by Crippen LogP contribution is 2.28. The topological polar surface area (TPSA) is 118 Å². The molecule has 2 rings (SSSR count). The first-order valence-corrected chi connectivity index (χ1v) is 10.2. The zero-order chi connectivity index (χ0) is 23.2. The van der Waals surface area contributed by atoms with Crippen molar-refractivity contribution in [3.8, 4) is 11.5 Å². The number of aliphatic imine (C=N–C) groups is 1. The Labute approximate surface area is 182 Å². The summed E-state index contributed by atoms with van der Waals surface area (Å²) in [6.45, 7) is 7.24. The van der Waals surface area contributed by atoms with Crippen LogP contribution < -0.4 is 9.47 Å². The summed E-state index contributed by atoms with van der Waals surface area (Å²) < 4.78 is 15.4. The van der Waals surface area contributed by atoms with Gasteiger partial charge in [-0.2, -0.15) is 0 Å². The summed E-state index contributed by atoms with van der Waals surface area (Å²) in [5.74, 6) is -0.435. The molecule has 0 atom stereocenters. The van der Waals surface area contributed by atoms with Crippen LogP contribution in [0.15, 0.2) is 35.0 Å². The predicted molar refractivity (Wildman–Crippen MR) is 117 cm³/mol. The van der Waals surface area contributed by atoms with Crippen molar-refractivity contribution in [2.45, 2.75) is 33.1 Å². The summed E-state index contributed by atoms with van der Waals surface area (Å²) in [6.07, 6.45) is 3.75. The summed E-state index contributed by atoms with van der Waals surface area (Å²) in [4.78, 5) is 26.8. The molecule has 9 nitrogen and oxygen atoms in total. The fraction of sp³-hybridized carbons (Fsp3) is 0.500. The van der Waals surface area contributed by atoms with Gasteiger partial charge in [-0.1, -0.05) is 6.07 Å². The van der Waals surface area contributed by atoms with Crippen molar-refractivity contribution in [3.05, 3.63) is 35.6 Å². The molecule has 0 unspecified atom stereocenters. The van der Waals surface area contributed by atoms with Crippen LogP contribution in [-0.4, -0.2) is 73.3 Å². The number of ether oxygens (including phenoxy) is 3. The number of hydrogen-bond donors (Lipinski definition) is 2. The van der Waals surface area contributed by atoms with E-state index in [-0.39, 0.29) is 0 Å². The molecule has 2 N–H and O–H groups in total. The Balaban J connectivity index is 0.000000407. The van der Waals surface area contributed by atoms with Crippen LogP contribution in [0.2, 0.25) is 0 Å². The molecule has 9 heteroatoms. The van der Waals surface area contributed by atoms with Crippen LogP contribution in [0.5, 0.6) is 11.5 Å². The van der Waals surface area contributed by atoms with Crippen molar-refractivity contribution in [1.82, 2.24) is 4.90 Å². The molecule has 0 aliphatic carbocycles. The van der Waals surface area contributed by atoms with Gasteiger partial charge in [0, 0.05) is 26.6 Å². The lowest BCUT2D eigenvalue weighted by atomic mass is 10.1. The standard InChI is InChI=1S/C17H26N2O2.C5H6O5/c1-4-20-15-9-8-14(13-16(15)21-5-2)10-11-18-17-7-6-12-19(17)3;1-10-3(5(8)9)2-4(6)7/h8-9,13H,4-7,10-12H2,1-3H3;2H,1H3,(H,6,7)(H,8,9)/b;3-2-. The van der Waals surface area contributed by atoms with E-state index < -0.39 is 17.7 Å². The van der Waals surface area contributed by atoms with Crippen molar-refractivity contribution in [3.63, 3.8) is 0 Å². The molecule has 1 heterocycles. The third-order valence-electron chi connectivity index (χ3n) is 4.32. The third kappa shape index (κ3) is 9.41. The van der Waals surface area contributed by atoms with Crippen LogP contribution in [0.3, 0.4) is 0 Å². The number of hydrogen-bond acceptors (Lipinski definition) is 6. The molecule has 0 amide bonds. The highest BCUT2D eigenvalue weighted by molar-refractivity contribution is 5.92. The van der Waals surface area contributed by atoms with Gasteiger partial charge in [0.2, 0.25) is 5.76 Å². The van der Waals surface area contributed by atoms with Gasteiger partial charge in [-0.25, -0.2) is 9.59 Å². The summed E-state index contributed by atoms with van der Waals surface area (Å²) in [5.41, 5.74) is 1.24. The number of carbonyl (C=O) groups is 2. The van der Waals surface area contributed by atoms with Crippen molar-refractivity contribution in [2.24, 2.45) is 4.99 Å². The van der Waals surface area contributed by atoms with E-state index in [0.29, 0.717) is 19.3 Å². The zero-order valence-corrected chi connectivity index (χ0v) is 18.6. The molecule has 0 spiro atoms. The van der Waals surface area contributed by atoms with Crippen molar-refractivity contribution >= 4 is 17.8 Å². The van der Waals surface area contributed by atoms with Crippen molar-refractivity contribution in [1.29, 1.82) is 0 Å². The van der Waals surface area contributed by atoms with Crippen molar-refractivity contribution < 1.29 is 34.0 Å². The first-order chi connectivity index (χ1) is 14.8. The molecule has 0 bridgehead atoms. The summed E-state index contributed by atoms with van der Waals surface area (Å²) in [5, 5.41) is 16.2. The molecule has 1 aromatic carbocycles. The van der Waals surface area contributed by atoms with E-state index >= 15 is 0 Å². The monoisotopic (exact) mass is 436 g/mol. The highest BCUT2D eigenvalue weighted by Gasteiger charge is 2.13. The van der Waals surface area contributed by atoms with Gasteiger partial charge in [-0.15, -0.1) is 0 Å². The minimum Gasteiger partial charge on any atom is -0.490 e. The summed E-state index contributed by atoms with van der Waals surface area (Å²) >= 11 is 0. The number of methoxy groups -OCH3 is 1. The second-order valence-corrected chi connectivity index (χ2v) is 6.58. The van der Waals surface area contributed by atoms with Crippen LogP contribution in [0, 0.1) is 0 Å². The van der Waals surface area contributed by atoms with Crippen molar-refractivity contribution in [2.75, 3.05) is 40.5 Å². The number of amidine groups is 1. The molecule has 31 heavy (non-hydrogen) atoms. The number of rotatable bonds is 10. The SMILES string of the molecule is CCOc1ccc(CCN=C2CCCN2C)cc1OCC.CO/C(=C\C(=O)O)C(=O)O. The quantitative estimate of drug-likeness (QED) is 0.425. The Morgan fingerprint density at radius 1 is 1.16 bits per heavy atom. The van der Waals surface area contributed by atoms with Gasteiger partial charge in [0.25, 0.3) is 0 Å². The minimum atomic E-state index is -1.40. The molecule has 0 aromatic heterocycles. The fourth-order valence-electron chi connectivity index (χ4n) is 2.88. The van der Waals surface area contributed by atoms with E-state index in [1.165, 1.54) is 17.8 Å². The molecule has 1 saturated heterocycles. The van der Waals surface area contributed by atoms with E-state index in [4.69, 9.17) is 24.7 Å². The number of aliphatic carboxylic acids is 2. The first-order valence-electron chi connectivity index (χ1n) is 10.2. The van der Waals surface area contributed by atoms with E-state index in [0.717, 1.165) is 44.5 Å². The largest absolute Gasteiger partial charge is 0.490 e. The summed E-state index contributed by atoms with van der Waals surface area (Å²) in [7, 11) is 3.21. The molecular formula is C22H32N2O7. The number of carboxylic acid groups (broad SMARTS) is 2. The predicted octanol–water partition coefficient (Wildman–Crippen LogP) is 2.84. The lowest BCUT2D eigenvalue weighted by Gasteiger charge is -2.13. The van der Waals surface area contributed by atoms with E-state index in [2.05, 4.69) is 28.8 Å². The average molecular weight is 437 g/mol. The van der Waals surface area contributed by atoms with Gasteiger partial charge in [-0.05, 0) is 44.4 Å². The maximum absolute atomic E-state index is 10.0. The molecule has 1 aliphatic heterocycles. The maximum atomic E-state index is 10.0. The van der Waals surface area contributed by atoms with Gasteiger partial charge in [-0.3, -0.25) is 4.99 Å². The Kier molecular flexibility index (Phi) is 11.6. The fourth-order valence-corrected chi connectivity index (χ4v) is 2.88. The van der Waals surface area contributed by atoms with E-state index in [9.17, 15) is 9.59 Å². The zero-order valence-electron chi connectivity index (χ0n) is 18.6. The van der Waals surface area contributed by atoms with Gasteiger partial charge in [0.05, 0.1) is 32.2 Å². The third-order valence-corrected chi connectivity index (χ3v) is 4.32. The number of nitrogens with zero attached hydrogens (tertiary/aromatic N) is 2. The van der Waals surface area contributed by atoms with Crippen LogP contribution in [0.4, 0.5) is 0 Å². The molecular weight excluding hydrogens is 404 g/mol. The lowest BCUT2D eigenvalue weighted by Crippen LogP contribution is -2.19. The Hall–Kier alpha value is -3.23. The normalized spacial score (nSPS) is 14.6. The number of benzene rings is 1. The smallest absolute Gasteiger partial charge is 0.371 e. The second kappa shape index (κ2) is 13.9. The van der Waals surface area contributed by atoms with Gasteiger partial charge in [0.15, 0.2) is 11.5 Å². The molecule has 1 fully saturated rings. The second-order valence-electron chi connectivity index (χ2n) is 6.58. The molecule has 1 aromatic rings. The Morgan fingerprint density at radius 3 is 2.32 bits per heavy atom. The Morgan fingerprint density at radius 2 is 1.84 bits per heavy atom. The lowest BCUT2D eigenvalue weighted by molar-refractivity contribution is -0.138. The minimum absolute atomic E-state index is 0.475. The average Bonchev–Trinajstić information content (AvgIpc) is 3.13. The van der Waals surface area contributed by atoms with Crippen LogP contribution >= 0.6 is 0 Å². The first kappa shape index (κ1) is 25.8. The van der Waals surface area contributed by atoms with Crippen LogP contribution in [0.1, 0.15) is 32.3 Å². The van der Waals surface area contributed by atoms with Crippen LogP contribution in [-0.2, 0) is 20.7 Å². The van der Waals surface area contributed by atoms with E-state index in [1.807, 2.05) is 19.9 Å². The maximum Gasteiger partial charge on any atom is 0.371 e. The molecule has 0 saturated carbocycles.